The summed E-state index contributed by atoms with van der Waals surface area (Å²) in [6.07, 6.45) is 2.65. The quantitative estimate of drug-likeness (QED) is 0.679. The molecule has 0 saturated carbocycles. The summed E-state index contributed by atoms with van der Waals surface area (Å²) in [6.45, 7) is 4.30. The van der Waals surface area contributed by atoms with Gasteiger partial charge < -0.3 is 10.1 Å². The molecule has 0 aliphatic carbocycles. The van der Waals surface area contributed by atoms with Crippen LogP contribution < -0.4 is 10.1 Å². The summed E-state index contributed by atoms with van der Waals surface area (Å²) in [5, 5.41) is 3.21. The molecule has 2 aromatic carbocycles. The minimum Gasteiger partial charge on any atom is -0.487 e. The molecule has 1 aliphatic heterocycles. The van der Waals surface area contributed by atoms with E-state index in [1.54, 1.807) is 0 Å². The number of fused-ring (bicyclic) bond motifs is 1. The Morgan fingerprint density at radius 2 is 1.83 bits per heavy atom. The van der Waals surface area contributed by atoms with E-state index >= 15 is 0 Å². The number of rotatable bonds is 4. The van der Waals surface area contributed by atoms with Gasteiger partial charge in [-0.15, -0.1) is 0 Å². The van der Waals surface area contributed by atoms with E-state index in [0.717, 1.165) is 34.1 Å². The highest BCUT2D eigenvalue weighted by Crippen LogP contribution is 2.42. The lowest BCUT2D eigenvalue weighted by Gasteiger charge is -2.41. The minimum absolute atomic E-state index is 0.0263. The minimum atomic E-state index is -0.210. The van der Waals surface area contributed by atoms with Gasteiger partial charge in [0, 0.05) is 21.1 Å². The molecule has 0 unspecified atom stereocenters. The number of benzene rings is 2. The van der Waals surface area contributed by atoms with E-state index in [-0.39, 0.29) is 17.6 Å². The monoisotopic (exact) mass is 435 g/mol. The van der Waals surface area contributed by atoms with Gasteiger partial charge in [-0.25, -0.2) is 0 Å². The van der Waals surface area contributed by atoms with Gasteiger partial charge in [0.2, 0.25) is 0 Å². The normalized spacial score (nSPS) is 18.4. The highest BCUT2D eigenvalue weighted by Gasteiger charge is 2.38. The van der Waals surface area contributed by atoms with Gasteiger partial charge in [0.1, 0.15) is 11.4 Å². The Kier molecular flexibility index (Phi) is 5.13. The number of carbonyl (C=O) groups is 1. The molecule has 1 amide bonds. The lowest BCUT2D eigenvalue weighted by Crippen LogP contribution is -2.44. The molecular formula is C20H22INO2. The Balaban J connectivity index is 1.88. The van der Waals surface area contributed by atoms with Gasteiger partial charge in [0.25, 0.3) is 5.91 Å². The third-order valence-corrected chi connectivity index (χ3v) is 5.62. The van der Waals surface area contributed by atoms with Crippen molar-refractivity contribution < 1.29 is 9.53 Å². The second-order valence-corrected chi connectivity index (χ2v) is 7.51. The predicted molar refractivity (Wildman–Crippen MR) is 104 cm³/mol. The topological polar surface area (TPSA) is 38.3 Å². The largest absolute Gasteiger partial charge is 0.487 e. The van der Waals surface area contributed by atoms with Crippen molar-refractivity contribution in [1.29, 1.82) is 0 Å². The van der Waals surface area contributed by atoms with E-state index in [4.69, 9.17) is 4.74 Å². The molecule has 0 spiro atoms. The Bertz CT molecular complexity index is 723. The average Bonchev–Trinajstić information content (AvgIpc) is 2.62. The van der Waals surface area contributed by atoms with Gasteiger partial charge in [-0.05, 0) is 65.8 Å². The van der Waals surface area contributed by atoms with Gasteiger partial charge in [0.15, 0.2) is 0 Å². The zero-order chi connectivity index (χ0) is 17.2. The van der Waals surface area contributed by atoms with Gasteiger partial charge in [-0.1, -0.05) is 32.0 Å². The van der Waals surface area contributed by atoms with Crippen LogP contribution in [0.15, 0.2) is 48.5 Å². The molecule has 24 heavy (non-hydrogen) atoms. The summed E-state index contributed by atoms with van der Waals surface area (Å²) in [5.41, 5.74) is 1.55. The molecule has 1 N–H and O–H groups in total. The maximum Gasteiger partial charge on any atom is 0.251 e. The summed E-state index contributed by atoms with van der Waals surface area (Å²) < 4.78 is 7.42. The standard InChI is InChI=1S/C20H22INO2/c1-3-20(4-2)13-17(16-7-5-6-8-18(16)24-20)22-19(23)14-9-11-15(21)12-10-14/h5-12,17H,3-4,13H2,1-2H3,(H,22,23)/t17-/m0/s1. The number of carbonyl (C=O) groups excluding carboxylic acids is 1. The summed E-state index contributed by atoms with van der Waals surface area (Å²) in [6, 6.07) is 15.6. The number of hydrogen-bond donors (Lipinski definition) is 1. The molecule has 126 valence electrons. The molecule has 0 fully saturated rings. The fourth-order valence-electron chi connectivity index (χ4n) is 3.27. The fourth-order valence-corrected chi connectivity index (χ4v) is 3.63. The molecule has 1 heterocycles. The number of nitrogens with one attached hydrogen (secondary N) is 1. The summed E-state index contributed by atoms with van der Waals surface area (Å²) >= 11 is 2.24. The zero-order valence-electron chi connectivity index (χ0n) is 14.0. The molecule has 0 bridgehead atoms. The van der Waals surface area contributed by atoms with Gasteiger partial charge in [0.05, 0.1) is 6.04 Å². The van der Waals surface area contributed by atoms with Crippen LogP contribution in [-0.4, -0.2) is 11.5 Å². The number of hydrogen-bond acceptors (Lipinski definition) is 2. The first-order chi connectivity index (χ1) is 11.6. The van der Waals surface area contributed by atoms with Crippen LogP contribution in [0.2, 0.25) is 0 Å². The molecule has 1 aliphatic rings. The predicted octanol–water partition coefficient (Wildman–Crippen LogP) is 5.10. The van der Waals surface area contributed by atoms with Crippen molar-refractivity contribution in [3.8, 4) is 5.75 Å². The van der Waals surface area contributed by atoms with Crippen LogP contribution in [0.25, 0.3) is 0 Å². The van der Waals surface area contributed by atoms with E-state index in [1.807, 2.05) is 48.5 Å². The lowest BCUT2D eigenvalue weighted by atomic mass is 9.83. The van der Waals surface area contributed by atoms with Crippen molar-refractivity contribution in [3.05, 3.63) is 63.2 Å². The van der Waals surface area contributed by atoms with Gasteiger partial charge in [-0.2, -0.15) is 0 Å². The smallest absolute Gasteiger partial charge is 0.251 e. The van der Waals surface area contributed by atoms with Crippen molar-refractivity contribution in [2.24, 2.45) is 0 Å². The summed E-state index contributed by atoms with van der Waals surface area (Å²) in [4.78, 5) is 12.7. The van der Waals surface area contributed by atoms with E-state index < -0.39 is 0 Å². The van der Waals surface area contributed by atoms with Crippen LogP contribution >= 0.6 is 22.6 Å². The second-order valence-electron chi connectivity index (χ2n) is 6.27. The van der Waals surface area contributed by atoms with Crippen molar-refractivity contribution in [2.45, 2.75) is 44.8 Å². The number of ether oxygens (including phenoxy) is 1. The zero-order valence-corrected chi connectivity index (χ0v) is 16.2. The summed E-state index contributed by atoms with van der Waals surface area (Å²) in [5.74, 6) is 0.856. The van der Waals surface area contributed by atoms with Crippen LogP contribution in [0.4, 0.5) is 0 Å². The van der Waals surface area contributed by atoms with Crippen LogP contribution in [0, 0.1) is 3.57 Å². The van der Waals surface area contributed by atoms with Crippen molar-refractivity contribution in [1.82, 2.24) is 5.32 Å². The number of amides is 1. The molecule has 0 aromatic heterocycles. The van der Waals surface area contributed by atoms with E-state index in [2.05, 4.69) is 41.8 Å². The molecule has 1 atom stereocenters. The van der Waals surface area contributed by atoms with Crippen LogP contribution in [0.5, 0.6) is 5.75 Å². The third kappa shape index (κ3) is 3.43. The SMILES string of the molecule is CCC1(CC)C[C@H](NC(=O)c2ccc(I)cc2)c2ccccc2O1. The maximum absolute atomic E-state index is 12.7. The van der Waals surface area contributed by atoms with Crippen LogP contribution in [0.3, 0.4) is 0 Å². The Labute approximate surface area is 156 Å². The molecule has 3 rings (SSSR count). The van der Waals surface area contributed by atoms with E-state index in [9.17, 15) is 4.79 Å². The van der Waals surface area contributed by atoms with Gasteiger partial charge >= 0.3 is 0 Å². The first-order valence-corrected chi connectivity index (χ1v) is 9.49. The van der Waals surface area contributed by atoms with Crippen molar-refractivity contribution >= 4 is 28.5 Å². The Morgan fingerprint density at radius 3 is 2.50 bits per heavy atom. The molecule has 0 radical (unpaired) electrons. The fraction of sp³-hybridized carbons (Fsp3) is 0.350. The summed E-state index contributed by atoms with van der Waals surface area (Å²) in [7, 11) is 0. The molecule has 2 aromatic rings. The van der Waals surface area contributed by atoms with E-state index in [0.29, 0.717) is 5.56 Å². The van der Waals surface area contributed by atoms with Gasteiger partial charge in [-0.3, -0.25) is 4.79 Å². The van der Waals surface area contributed by atoms with Crippen LogP contribution in [-0.2, 0) is 0 Å². The van der Waals surface area contributed by atoms with Crippen molar-refractivity contribution in [3.63, 3.8) is 0 Å². The molecule has 3 nitrogen and oxygen atoms in total. The highest BCUT2D eigenvalue weighted by molar-refractivity contribution is 14.1. The number of para-hydroxylation sites is 1. The second kappa shape index (κ2) is 7.13. The number of halogens is 1. The maximum atomic E-state index is 12.7. The van der Waals surface area contributed by atoms with Crippen molar-refractivity contribution in [2.75, 3.05) is 0 Å². The first-order valence-electron chi connectivity index (χ1n) is 8.41. The molecule has 0 saturated heterocycles. The Morgan fingerprint density at radius 1 is 1.17 bits per heavy atom. The first kappa shape index (κ1) is 17.3. The molecule has 4 heteroatoms. The Hall–Kier alpha value is -1.56. The molecular weight excluding hydrogens is 413 g/mol. The average molecular weight is 435 g/mol. The third-order valence-electron chi connectivity index (χ3n) is 4.90. The van der Waals surface area contributed by atoms with E-state index in [1.165, 1.54) is 0 Å². The highest BCUT2D eigenvalue weighted by atomic mass is 127. The lowest BCUT2D eigenvalue weighted by molar-refractivity contribution is 0.0227. The van der Waals surface area contributed by atoms with Crippen LogP contribution in [0.1, 0.15) is 55.1 Å².